The Bertz CT molecular complexity index is 4360. The molecule has 10 aromatic rings. The summed E-state index contributed by atoms with van der Waals surface area (Å²) in [7, 11) is 0. The summed E-state index contributed by atoms with van der Waals surface area (Å²) in [6, 6.07) is 0. The second-order valence-electron chi connectivity index (χ2n) is 22.4. The number of aromatic nitrogens is 22. The number of hydrogen-bond donors (Lipinski definition) is 1. The van der Waals surface area contributed by atoms with E-state index in [0.717, 1.165) is 37.0 Å². The molecule has 14 rings (SSSR count). The molecule has 34 nitrogen and oxygen atoms in total. The third-order valence-electron chi connectivity index (χ3n) is 16.5. The minimum Gasteiger partial charge on any atom is -0.495 e. The van der Waals surface area contributed by atoms with Gasteiger partial charge in [0, 0.05) is 185 Å². The number of nitrogens with zero attached hydrogens (tertiary/aromatic N) is 25. The Hall–Kier alpha value is -5.47. The Kier molecular flexibility index (Phi) is 30.1. The van der Waals surface area contributed by atoms with E-state index < -0.39 is 0 Å². The summed E-state index contributed by atoms with van der Waals surface area (Å²) in [5, 5.41) is 26.8. The molecule has 38 heteroatoms. The van der Waals surface area contributed by atoms with Gasteiger partial charge in [0.25, 0.3) is 11.6 Å². The number of imidazole rings is 4. The first-order chi connectivity index (χ1) is 45.8. The molecule has 2 N–H and O–H groups in total. The Balaban J connectivity index is 0.000000182. The molecule has 0 bridgehead atoms. The van der Waals surface area contributed by atoms with Gasteiger partial charge in [-0.2, -0.15) is 19.0 Å². The number of hydrogen-bond acceptors (Lipinski definition) is 26. The van der Waals surface area contributed by atoms with Crippen LogP contribution in [-0.2, 0) is 195 Å². The van der Waals surface area contributed by atoms with E-state index in [1.165, 1.54) is 29.6 Å². The summed E-state index contributed by atoms with van der Waals surface area (Å²) in [4.78, 5) is 46.5. The van der Waals surface area contributed by atoms with E-state index in [2.05, 4.69) is 198 Å². The molecule has 4 saturated heterocycles. The first-order valence-electron chi connectivity index (χ1n) is 30.8. The van der Waals surface area contributed by atoms with Crippen molar-refractivity contribution in [2.75, 3.05) is 5.73 Å². The molecule has 98 heavy (non-hydrogen) atoms. The van der Waals surface area contributed by atoms with E-state index in [-0.39, 0.29) is 218 Å². The number of nitrogens with two attached hydrogens (primary N) is 1. The quantitative estimate of drug-likeness (QED) is 0.0230. The Morgan fingerprint density at radius 2 is 0.878 bits per heavy atom. The van der Waals surface area contributed by atoms with Gasteiger partial charge in [0.2, 0.25) is 11.9 Å². The number of ether oxygens (including phenoxy) is 8. The van der Waals surface area contributed by atoms with Crippen LogP contribution in [0.15, 0.2) is 81.8 Å². The van der Waals surface area contributed by atoms with Crippen molar-refractivity contribution in [3.8, 4) is 0 Å². The van der Waals surface area contributed by atoms with Crippen LogP contribution in [0.4, 0.5) is 11.9 Å². The number of nitrogen functional groups attached to an aromatic ring is 1. The predicted molar refractivity (Wildman–Crippen MR) is 338 cm³/mol. The third-order valence-corrected chi connectivity index (χ3v) is 16.5. The maximum atomic E-state index is 8.67. The van der Waals surface area contributed by atoms with Crippen LogP contribution in [0.1, 0.15) is 129 Å². The van der Waals surface area contributed by atoms with Gasteiger partial charge in [0.15, 0.2) is 22.6 Å². The summed E-state index contributed by atoms with van der Waals surface area (Å²) < 4.78 is 56.0. The maximum Gasteiger partial charge on any atom is 0.275 e. The summed E-state index contributed by atoms with van der Waals surface area (Å²) in [5.41, 5.74) is 22.2. The zero-order valence-electron chi connectivity index (χ0n) is 55.7. The second kappa shape index (κ2) is 36.9. The maximum absolute atomic E-state index is 8.67. The van der Waals surface area contributed by atoms with Crippen molar-refractivity contribution < 1.29 is 169 Å². The minimum absolute atomic E-state index is 0. The van der Waals surface area contributed by atoms with E-state index in [4.69, 9.17) is 49.2 Å². The van der Waals surface area contributed by atoms with Crippen LogP contribution in [0.25, 0.3) is 66.7 Å². The molecule has 0 aromatic carbocycles. The van der Waals surface area contributed by atoms with Gasteiger partial charge in [-0.25, -0.2) is 39.9 Å². The second-order valence-corrected chi connectivity index (χ2v) is 22.4. The van der Waals surface area contributed by atoms with Crippen LogP contribution in [0.3, 0.4) is 0 Å². The van der Waals surface area contributed by atoms with E-state index >= 15 is 0 Å². The molecule has 0 aliphatic carbocycles. The van der Waals surface area contributed by atoms with Crippen LogP contribution in [-0.4, -0.2) is 133 Å². The zero-order valence-corrected chi connectivity index (χ0v) is 67.0. The van der Waals surface area contributed by atoms with Gasteiger partial charge in [0.1, 0.15) is 71.3 Å². The Morgan fingerprint density at radius 3 is 1.33 bits per heavy atom. The van der Waals surface area contributed by atoms with E-state index in [1.807, 2.05) is 18.3 Å². The van der Waals surface area contributed by atoms with E-state index in [9.17, 15) is 0 Å². The molecule has 12 atom stereocenters. The smallest absolute Gasteiger partial charge is 0.275 e. The molecule has 4 fully saturated rings. The summed E-state index contributed by atoms with van der Waals surface area (Å²) >= 11 is 0. The molecule has 508 valence electrons. The van der Waals surface area contributed by atoms with Gasteiger partial charge in [-0.05, 0) is 57.2 Å². The molecule has 14 heterocycles. The predicted octanol–water partition coefficient (Wildman–Crippen LogP) is 9.14. The number of rotatable bonds is 21. The monoisotopic (exact) mass is 1640 g/mol. The molecule has 4 aliphatic rings. The molecule has 4 radical (unpaired) electrons. The fraction of sp³-hybridized carbons (Fsp3) is 0.467. The Morgan fingerprint density at radius 1 is 0.500 bits per heavy atom. The normalized spacial score (nSPS) is 23.0. The van der Waals surface area contributed by atoms with Gasteiger partial charge >= 0.3 is 0 Å². The molecule has 0 unspecified atom stereocenters. The molecular formula is C60H74N26O8Y4-4. The molecule has 0 amide bonds. The molecule has 0 spiro atoms. The van der Waals surface area contributed by atoms with Crippen molar-refractivity contribution in [1.82, 2.24) is 108 Å². The molecule has 10 aromatic heterocycles. The fourth-order valence-electron chi connectivity index (χ4n) is 11.8. The van der Waals surface area contributed by atoms with Crippen LogP contribution in [0.2, 0.25) is 0 Å². The van der Waals surface area contributed by atoms with Crippen molar-refractivity contribution >= 4 is 68.1 Å². The van der Waals surface area contributed by atoms with Crippen LogP contribution in [0, 0.1) is 49.4 Å². The molecule has 0 saturated carbocycles. The van der Waals surface area contributed by atoms with Crippen molar-refractivity contribution in [2.45, 2.75) is 157 Å². The van der Waals surface area contributed by atoms with E-state index in [0.29, 0.717) is 91.3 Å². The van der Waals surface area contributed by atoms with Crippen LogP contribution in [0.5, 0.6) is 0 Å². The average molecular weight is 1640 g/mol. The van der Waals surface area contributed by atoms with Gasteiger partial charge in [-0.15, -0.1) is 23.7 Å². The number of fused-ring (bicyclic) bond motifs is 7. The largest absolute Gasteiger partial charge is 0.495 e. The topological polar surface area (TPSA) is 383 Å². The minimum atomic E-state index is -0.267. The van der Waals surface area contributed by atoms with Gasteiger partial charge in [-0.1, -0.05) is 91.9 Å². The van der Waals surface area contributed by atoms with E-state index in [1.54, 1.807) is 29.8 Å². The summed E-state index contributed by atoms with van der Waals surface area (Å²) in [6.07, 6.45) is 24.6. The van der Waals surface area contributed by atoms with Crippen molar-refractivity contribution in [3.05, 3.63) is 136 Å². The third kappa shape index (κ3) is 17.2. The molecular weight excluding hydrogens is 1570 g/mol. The first-order valence-corrected chi connectivity index (χ1v) is 30.8. The fourth-order valence-corrected chi connectivity index (χ4v) is 11.8. The SMILES string of the molecule is C=COCc1c2ncn([C@H]3[CH-][C@@H](C)[C@@H](CC)O3)c2nc2nnnn12.C=COCc1nc(N)nc2c1ncn2[C@H]1[CH-][C@@H](C)[C@@H](CC)O1.C=COCc1nc(N=[N+]=[N-])nc2c1ncn2[C@H]1[CH-][C@@H](C)[C@@H](CC)O1.C=COCc1nc2nnnn2c2c1ncn2[C@H]1[CH-][C@@H](C)[C@@H](CC)O1.[Y].[Y].[Y].[Y]. The van der Waals surface area contributed by atoms with Crippen molar-refractivity contribution in [3.63, 3.8) is 0 Å². The van der Waals surface area contributed by atoms with Crippen molar-refractivity contribution in [1.29, 1.82) is 0 Å². The standard InChI is InChI=1S/3C15H18N7O2.C15H20N5O2.4Y/c1-4-11-9(3)6-12(24-11)21-8-16-13-10(7-23-5-2)22-15(17-14(13)21)18-19-20-22;1-4-11-9(3)6-12(24-11)21-8-16-13-10(7-23-5-2)17-15-18-19-20-22(15)14(13)21;1-4-11-9(3)6-12(24-11)22-8-17-13-10(7-23-5-2)18-15(20-21-16)19-14(13)22;1-4-11-9(3)6-12(22-11)20-8-17-13-10(7-21-5-2)18-15(16)19-14(13)20;;;;/h3*5-6,8-9,11-12H,2,4,7H2,1,3H3;5-6,8-9,11-12H,2,4,7H2,1,3H3,(H2,16,18,19);;;;/q4*-1;;;;/t4*9-,11-,12-;;;;/m1111..../s1. The first kappa shape index (κ1) is 79.8. The van der Waals surface area contributed by atoms with Gasteiger partial charge in [0.05, 0.1) is 50.4 Å². The average Bonchev–Trinajstić information content (AvgIpc) is 1.60. The number of tetrazole rings is 2. The summed E-state index contributed by atoms with van der Waals surface area (Å²) in [6.45, 7) is 32.1. The van der Waals surface area contributed by atoms with Gasteiger partial charge in [-0.3, -0.25) is 25.7 Å². The molecule has 4 aliphatic heterocycles. The summed E-state index contributed by atoms with van der Waals surface area (Å²) in [5.74, 6) is 2.46. The zero-order chi connectivity index (χ0) is 66.2. The van der Waals surface area contributed by atoms with Crippen LogP contribution >= 0.6 is 0 Å². The van der Waals surface area contributed by atoms with Crippen LogP contribution < -0.4 is 5.73 Å². The number of azide groups is 1. The van der Waals surface area contributed by atoms with Crippen molar-refractivity contribution in [2.24, 2.45) is 28.8 Å². The van der Waals surface area contributed by atoms with Gasteiger partial charge < -0.3 is 61.9 Å². The number of anilines is 1. The Labute approximate surface area is 664 Å².